The first-order valence-corrected chi connectivity index (χ1v) is 6.53. The minimum Gasteiger partial charge on any atom is -0.307 e. The third-order valence-corrected chi connectivity index (χ3v) is 3.14. The van der Waals surface area contributed by atoms with Crippen molar-refractivity contribution in [2.24, 2.45) is 0 Å². The molecule has 0 bridgehead atoms. The number of hydrogen-bond donors (Lipinski definition) is 1. The second-order valence-electron chi connectivity index (χ2n) is 4.52. The van der Waals surface area contributed by atoms with Crippen LogP contribution in [0.1, 0.15) is 24.9 Å². The van der Waals surface area contributed by atoms with E-state index in [1.54, 1.807) is 7.05 Å². The SMILES string of the molecule is CCCn1cc(-c2ccc(C(C=O)NC)cc2)cn1. The summed E-state index contributed by atoms with van der Waals surface area (Å²) in [5, 5.41) is 7.28. The molecule has 2 rings (SSSR count). The molecule has 19 heavy (non-hydrogen) atoms. The molecule has 1 aromatic carbocycles. The zero-order valence-corrected chi connectivity index (χ0v) is 11.3. The molecule has 100 valence electrons. The summed E-state index contributed by atoms with van der Waals surface area (Å²) in [7, 11) is 1.78. The van der Waals surface area contributed by atoms with Crippen LogP contribution in [0.5, 0.6) is 0 Å². The van der Waals surface area contributed by atoms with Gasteiger partial charge in [-0.25, -0.2) is 0 Å². The van der Waals surface area contributed by atoms with E-state index in [2.05, 4.69) is 17.3 Å². The van der Waals surface area contributed by atoms with Crippen molar-refractivity contribution in [3.05, 3.63) is 42.2 Å². The van der Waals surface area contributed by atoms with Crippen molar-refractivity contribution in [1.29, 1.82) is 0 Å². The number of benzene rings is 1. The Kier molecular flexibility index (Phi) is 4.47. The maximum atomic E-state index is 10.9. The molecule has 0 aliphatic rings. The van der Waals surface area contributed by atoms with E-state index in [4.69, 9.17) is 0 Å². The molecule has 2 aromatic rings. The van der Waals surface area contributed by atoms with E-state index in [0.29, 0.717) is 0 Å². The van der Waals surface area contributed by atoms with E-state index in [9.17, 15) is 4.79 Å². The minimum absolute atomic E-state index is 0.239. The molecular weight excluding hydrogens is 238 g/mol. The normalized spacial score (nSPS) is 12.3. The third kappa shape index (κ3) is 3.09. The highest BCUT2D eigenvalue weighted by molar-refractivity contribution is 5.65. The van der Waals surface area contributed by atoms with E-state index in [1.807, 2.05) is 41.3 Å². The summed E-state index contributed by atoms with van der Waals surface area (Å²) >= 11 is 0. The smallest absolute Gasteiger partial charge is 0.141 e. The van der Waals surface area contributed by atoms with Crippen molar-refractivity contribution in [3.8, 4) is 11.1 Å². The Balaban J connectivity index is 2.19. The van der Waals surface area contributed by atoms with Crippen LogP contribution in [0.2, 0.25) is 0 Å². The molecule has 0 amide bonds. The Bertz CT molecular complexity index is 531. The highest BCUT2D eigenvalue weighted by Crippen LogP contribution is 2.21. The zero-order valence-electron chi connectivity index (χ0n) is 11.3. The molecule has 4 nitrogen and oxygen atoms in total. The molecular formula is C15H19N3O. The second-order valence-corrected chi connectivity index (χ2v) is 4.52. The van der Waals surface area contributed by atoms with Gasteiger partial charge in [-0.05, 0) is 24.6 Å². The summed E-state index contributed by atoms with van der Waals surface area (Å²) in [6.45, 7) is 3.07. The molecule has 0 saturated heterocycles. The quantitative estimate of drug-likeness (QED) is 0.808. The number of aldehydes is 1. The first-order chi connectivity index (χ1) is 9.28. The summed E-state index contributed by atoms with van der Waals surface area (Å²) in [5.41, 5.74) is 3.20. The highest BCUT2D eigenvalue weighted by atomic mass is 16.1. The predicted molar refractivity (Wildman–Crippen MR) is 75.8 cm³/mol. The van der Waals surface area contributed by atoms with E-state index in [-0.39, 0.29) is 6.04 Å². The average molecular weight is 257 g/mol. The van der Waals surface area contributed by atoms with Gasteiger partial charge in [0.25, 0.3) is 0 Å². The monoisotopic (exact) mass is 257 g/mol. The number of rotatable bonds is 6. The number of carbonyl (C=O) groups excluding carboxylic acids is 1. The first-order valence-electron chi connectivity index (χ1n) is 6.53. The van der Waals surface area contributed by atoms with Gasteiger partial charge in [0, 0.05) is 18.3 Å². The molecule has 1 atom stereocenters. The fraction of sp³-hybridized carbons (Fsp3) is 0.333. The lowest BCUT2D eigenvalue weighted by molar-refractivity contribution is -0.109. The van der Waals surface area contributed by atoms with E-state index < -0.39 is 0 Å². The zero-order chi connectivity index (χ0) is 13.7. The summed E-state index contributed by atoms with van der Waals surface area (Å²) in [5.74, 6) is 0. The van der Waals surface area contributed by atoms with Gasteiger partial charge in [0.05, 0.1) is 12.2 Å². The number of aromatic nitrogens is 2. The Labute approximate surface area is 113 Å². The minimum atomic E-state index is -0.239. The van der Waals surface area contributed by atoms with Gasteiger partial charge in [0.15, 0.2) is 0 Å². The van der Waals surface area contributed by atoms with Gasteiger partial charge in [0.2, 0.25) is 0 Å². The lowest BCUT2D eigenvalue weighted by atomic mass is 10.0. The van der Waals surface area contributed by atoms with Gasteiger partial charge in [0.1, 0.15) is 6.29 Å². The van der Waals surface area contributed by atoms with Crippen LogP contribution in [0.3, 0.4) is 0 Å². The van der Waals surface area contributed by atoms with Gasteiger partial charge in [-0.15, -0.1) is 0 Å². The van der Waals surface area contributed by atoms with Crippen LogP contribution < -0.4 is 5.32 Å². The maximum absolute atomic E-state index is 10.9. The number of nitrogens with one attached hydrogen (secondary N) is 1. The Morgan fingerprint density at radius 1 is 1.32 bits per heavy atom. The topological polar surface area (TPSA) is 46.9 Å². The number of likely N-dealkylation sites (N-methyl/N-ethyl adjacent to an activating group) is 1. The molecule has 1 unspecified atom stereocenters. The van der Waals surface area contributed by atoms with Crippen LogP contribution in [0.15, 0.2) is 36.7 Å². The van der Waals surface area contributed by atoms with Crippen LogP contribution in [0, 0.1) is 0 Å². The molecule has 1 aromatic heterocycles. The predicted octanol–water partition coefficient (Wildman–Crippen LogP) is 2.42. The number of carbonyl (C=O) groups is 1. The van der Waals surface area contributed by atoms with Crippen molar-refractivity contribution < 1.29 is 4.79 Å². The molecule has 0 spiro atoms. The fourth-order valence-corrected chi connectivity index (χ4v) is 2.06. The molecule has 0 aliphatic heterocycles. The van der Waals surface area contributed by atoms with Crippen molar-refractivity contribution in [2.45, 2.75) is 25.9 Å². The van der Waals surface area contributed by atoms with Crippen LogP contribution >= 0.6 is 0 Å². The number of nitrogens with zero attached hydrogens (tertiary/aromatic N) is 2. The van der Waals surface area contributed by atoms with E-state index in [1.165, 1.54) is 0 Å². The van der Waals surface area contributed by atoms with Gasteiger partial charge in [-0.3, -0.25) is 4.68 Å². The standard InChI is InChI=1S/C15H19N3O/c1-3-8-18-10-14(9-17-18)12-4-6-13(7-5-12)15(11-19)16-2/h4-7,9-11,15-16H,3,8H2,1-2H3. The van der Waals surface area contributed by atoms with Crippen LogP contribution in [-0.4, -0.2) is 23.1 Å². The lowest BCUT2D eigenvalue weighted by Gasteiger charge is -2.09. The summed E-state index contributed by atoms with van der Waals surface area (Å²) in [6, 6.07) is 7.76. The van der Waals surface area contributed by atoms with Crippen molar-refractivity contribution in [2.75, 3.05) is 7.05 Å². The average Bonchev–Trinajstić information content (AvgIpc) is 2.90. The summed E-state index contributed by atoms with van der Waals surface area (Å²) in [6.07, 6.45) is 5.91. The van der Waals surface area contributed by atoms with E-state index >= 15 is 0 Å². The van der Waals surface area contributed by atoms with Gasteiger partial charge >= 0.3 is 0 Å². The maximum Gasteiger partial charge on any atom is 0.141 e. The van der Waals surface area contributed by atoms with Gasteiger partial charge in [-0.2, -0.15) is 5.10 Å². The van der Waals surface area contributed by atoms with Crippen LogP contribution in [0.25, 0.3) is 11.1 Å². The largest absolute Gasteiger partial charge is 0.307 e. The molecule has 0 saturated carbocycles. The van der Waals surface area contributed by atoms with Gasteiger partial charge < -0.3 is 10.1 Å². The molecule has 0 fully saturated rings. The third-order valence-electron chi connectivity index (χ3n) is 3.14. The lowest BCUT2D eigenvalue weighted by Crippen LogP contribution is -2.17. The number of aryl methyl sites for hydroxylation is 1. The molecule has 1 N–H and O–H groups in total. The second kappa shape index (κ2) is 6.29. The number of hydrogen-bond acceptors (Lipinski definition) is 3. The fourth-order valence-electron chi connectivity index (χ4n) is 2.06. The van der Waals surface area contributed by atoms with Crippen molar-refractivity contribution in [1.82, 2.24) is 15.1 Å². The first kappa shape index (κ1) is 13.5. The molecule has 1 heterocycles. The summed E-state index contributed by atoms with van der Waals surface area (Å²) < 4.78 is 1.95. The van der Waals surface area contributed by atoms with Crippen LogP contribution in [-0.2, 0) is 11.3 Å². The molecule has 0 aliphatic carbocycles. The molecule has 4 heteroatoms. The van der Waals surface area contributed by atoms with Crippen molar-refractivity contribution >= 4 is 6.29 Å². The summed E-state index contributed by atoms with van der Waals surface area (Å²) in [4.78, 5) is 10.9. The van der Waals surface area contributed by atoms with Crippen LogP contribution in [0.4, 0.5) is 0 Å². The molecule has 0 radical (unpaired) electrons. The van der Waals surface area contributed by atoms with Crippen molar-refractivity contribution in [3.63, 3.8) is 0 Å². The van der Waals surface area contributed by atoms with Gasteiger partial charge in [-0.1, -0.05) is 31.2 Å². The highest BCUT2D eigenvalue weighted by Gasteiger charge is 2.08. The Morgan fingerprint density at radius 2 is 2.05 bits per heavy atom. The van der Waals surface area contributed by atoms with E-state index in [0.717, 1.165) is 35.9 Å². The Morgan fingerprint density at radius 3 is 2.63 bits per heavy atom. The Hall–Kier alpha value is -1.94.